The summed E-state index contributed by atoms with van der Waals surface area (Å²) < 4.78 is 11.1. The number of benzene rings is 1. The van der Waals surface area contributed by atoms with E-state index < -0.39 is 0 Å². The Kier molecular flexibility index (Phi) is 5.98. The van der Waals surface area contributed by atoms with Gasteiger partial charge in [0.2, 0.25) is 0 Å². The van der Waals surface area contributed by atoms with Gasteiger partial charge < -0.3 is 9.47 Å². The fraction of sp³-hybridized carbons (Fsp3) is 0.611. The number of carbonyl (C=O) groups is 1. The molecule has 0 bridgehead atoms. The van der Waals surface area contributed by atoms with Gasteiger partial charge in [-0.25, -0.2) is 0 Å². The number of Topliss-reactive ketones (excluding diaryl/α,β-unsaturated/α-hetero) is 1. The maximum atomic E-state index is 12.5. The minimum absolute atomic E-state index is 0.140. The Bertz CT molecular complexity index is 519. The number of aryl methyl sites for hydroxylation is 2. The molecule has 0 radical (unpaired) electrons. The lowest BCUT2D eigenvalue weighted by molar-refractivity contribution is 0.0370. The van der Waals surface area contributed by atoms with Crippen LogP contribution in [0.4, 0.5) is 0 Å². The van der Waals surface area contributed by atoms with Crippen molar-refractivity contribution in [1.29, 1.82) is 0 Å². The highest BCUT2D eigenvalue weighted by Gasteiger charge is 2.16. The predicted octanol–water partition coefficient (Wildman–Crippen LogP) is 3.00. The summed E-state index contributed by atoms with van der Waals surface area (Å²) in [5.74, 6) is 1.08. The third-order valence-corrected chi connectivity index (χ3v) is 3.94. The molecule has 1 aliphatic rings. The first-order valence-electron chi connectivity index (χ1n) is 8.08. The molecule has 1 aromatic carbocycles. The van der Waals surface area contributed by atoms with E-state index in [1.807, 2.05) is 39.8 Å². The second-order valence-corrected chi connectivity index (χ2v) is 6.23. The SMILES string of the molecule is Cc1cc(C(=O)CCN2CCOCC2)c(C)cc1OC(C)C. The molecular weight excluding hydrogens is 278 g/mol. The average Bonchev–Trinajstić information content (AvgIpc) is 2.48. The Balaban J connectivity index is 2.01. The van der Waals surface area contributed by atoms with Gasteiger partial charge in [0.15, 0.2) is 5.78 Å². The summed E-state index contributed by atoms with van der Waals surface area (Å²) in [6.07, 6.45) is 0.700. The van der Waals surface area contributed by atoms with E-state index in [1.54, 1.807) is 0 Å². The minimum Gasteiger partial charge on any atom is -0.491 e. The van der Waals surface area contributed by atoms with Crippen LogP contribution in [0.3, 0.4) is 0 Å². The highest BCUT2D eigenvalue weighted by Crippen LogP contribution is 2.25. The second kappa shape index (κ2) is 7.75. The van der Waals surface area contributed by atoms with Crippen molar-refractivity contribution >= 4 is 5.78 Å². The zero-order chi connectivity index (χ0) is 16.1. The molecule has 2 rings (SSSR count). The Morgan fingerprint density at radius 1 is 1.23 bits per heavy atom. The molecule has 1 aliphatic heterocycles. The van der Waals surface area contributed by atoms with E-state index in [9.17, 15) is 4.79 Å². The van der Waals surface area contributed by atoms with Crippen LogP contribution in [-0.4, -0.2) is 49.6 Å². The number of hydrogen-bond acceptors (Lipinski definition) is 4. The molecule has 0 N–H and O–H groups in total. The maximum Gasteiger partial charge on any atom is 0.164 e. The zero-order valence-electron chi connectivity index (χ0n) is 14.1. The van der Waals surface area contributed by atoms with Crippen LogP contribution in [-0.2, 0) is 4.74 Å². The smallest absolute Gasteiger partial charge is 0.164 e. The van der Waals surface area contributed by atoms with E-state index >= 15 is 0 Å². The molecule has 0 unspecified atom stereocenters. The van der Waals surface area contributed by atoms with Crippen LogP contribution in [0, 0.1) is 13.8 Å². The third-order valence-electron chi connectivity index (χ3n) is 3.94. The average molecular weight is 305 g/mol. The van der Waals surface area contributed by atoms with Gasteiger partial charge in [-0.2, -0.15) is 0 Å². The van der Waals surface area contributed by atoms with Crippen molar-refractivity contribution in [2.45, 2.75) is 40.2 Å². The van der Waals surface area contributed by atoms with Gasteiger partial charge in [0.1, 0.15) is 5.75 Å². The molecular formula is C18H27NO3. The first-order chi connectivity index (χ1) is 10.5. The van der Waals surface area contributed by atoms with Crippen LogP contribution >= 0.6 is 0 Å². The molecule has 1 heterocycles. The van der Waals surface area contributed by atoms with Crippen LogP contribution in [0.25, 0.3) is 0 Å². The number of ether oxygens (including phenoxy) is 2. The van der Waals surface area contributed by atoms with Crippen LogP contribution in [0.5, 0.6) is 5.75 Å². The topological polar surface area (TPSA) is 38.8 Å². The minimum atomic E-state index is 0.140. The van der Waals surface area contributed by atoms with Crippen molar-refractivity contribution in [3.05, 3.63) is 28.8 Å². The first kappa shape index (κ1) is 17.0. The fourth-order valence-corrected chi connectivity index (χ4v) is 2.69. The molecule has 1 fully saturated rings. The van der Waals surface area contributed by atoms with E-state index in [2.05, 4.69) is 4.90 Å². The molecule has 0 aliphatic carbocycles. The Labute approximate surface area is 133 Å². The van der Waals surface area contributed by atoms with Gasteiger partial charge >= 0.3 is 0 Å². The summed E-state index contributed by atoms with van der Waals surface area (Å²) in [7, 11) is 0. The van der Waals surface area contributed by atoms with Crippen molar-refractivity contribution in [2.75, 3.05) is 32.8 Å². The van der Waals surface area contributed by atoms with Crippen LogP contribution < -0.4 is 4.74 Å². The van der Waals surface area contributed by atoms with Crippen molar-refractivity contribution in [3.63, 3.8) is 0 Å². The molecule has 4 heteroatoms. The maximum absolute atomic E-state index is 12.5. The second-order valence-electron chi connectivity index (χ2n) is 6.23. The summed E-state index contributed by atoms with van der Waals surface area (Å²) in [5, 5.41) is 0. The van der Waals surface area contributed by atoms with E-state index in [1.165, 1.54) is 0 Å². The predicted molar refractivity (Wildman–Crippen MR) is 87.9 cm³/mol. The van der Waals surface area contributed by atoms with Crippen LogP contribution in [0.2, 0.25) is 0 Å². The van der Waals surface area contributed by atoms with E-state index in [0.717, 1.165) is 55.3 Å². The van der Waals surface area contributed by atoms with Gasteiger partial charge in [0.05, 0.1) is 19.3 Å². The Hall–Kier alpha value is -1.39. The van der Waals surface area contributed by atoms with E-state index in [-0.39, 0.29) is 11.9 Å². The zero-order valence-corrected chi connectivity index (χ0v) is 14.1. The summed E-state index contributed by atoms with van der Waals surface area (Å²) in [6, 6.07) is 3.95. The van der Waals surface area contributed by atoms with E-state index in [4.69, 9.17) is 9.47 Å². The number of hydrogen-bond donors (Lipinski definition) is 0. The molecule has 0 amide bonds. The van der Waals surface area contributed by atoms with Gasteiger partial charge in [0.25, 0.3) is 0 Å². The van der Waals surface area contributed by atoms with Gasteiger partial charge in [-0.3, -0.25) is 9.69 Å². The van der Waals surface area contributed by atoms with Gasteiger partial charge in [-0.05, 0) is 51.0 Å². The van der Waals surface area contributed by atoms with Gasteiger partial charge in [-0.15, -0.1) is 0 Å². The lowest BCUT2D eigenvalue weighted by Gasteiger charge is -2.26. The lowest BCUT2D eigenvalue weighted by Crippen LogP contribution is -2.37. The highest BCUT2D eigenvalue weighted by atomic mass is 16.5. The molecule has 22 heavy (non-hydrogen) atoms. The lowest BCUT2D eigenvalue weighted by atomic mass is 9.99. The molecule has 4 nitrogen and oxygen atoms in total. The molecule has 0 saturated carbocycles. The number of carbonyl (C=O) groups excluding carboxylic acids is 1. The normalized spacial score (nSPS) is 16.0. The quantitative estimate of drug-likeness (QED) is 0.757. The fourth-order valence-electron chi connectivity index (χ4n) is 2.69. The highest BCUT2D eigenvalue weighted by molar-refractivity contribution is 5.98. The standard InChI is InChI=1S/C18H27NO3/c1-13(2)22-18-12-14(3)16(11-15(18)4)17(20)5-6-19-7-9-21-10-8-19/h11-13H,5-10H2,1-4H3. The molecule has 0 atom stereocenters. The van der Waals surface area contributed by atoms with Gasteiger partial charge in [0, 0.05) is 31.6 Å². The van der Waals surface area contributed by atoms with Crippen molar-refractivity contribution in [3.8, 4) is 5.75 Å². The monoisotopic (exact) mass is 305 g/mol. The summed E-state index contributed by atoms with van der Waals surface area (Å²) in [6.45, 7) is 12.2. The first-order valence-corrected chi connectivity index (χ1v) is 8.08. The van der Waals surface area contributed by atoms with Crippen LogP contribution in [0.15, 0.2) is 12.1 Å². The molecule has 1 aromatic rings. The number of morpholine rings is 1. The number of rotatable bonds is 6. The Morgan fingerprint density at radius 2 is 1.91 bits per heavy atom. The summed E-state index contributed by atoms with van der Waals surface area (Å²) in [5.41, 5.74) is 2.84. The molecule has 1 saturated heterocycles. The summed E-state index contributed by atoms with van der Waals surface area (Å²) in [4.78, 5) is 14.8. The van der Waals surface area contributed by atoms with E-state index in [0.29, 0.717) is 6.42 Å². The van der Waals surface area contributed by atoms with Crippen molar-refractivity contribution in [2.24, 2.45) is 0 Å². The molecule has 0 spiro atoms. The third kappa shape index (κ3) is 4.55. The summed E-state index contributed by atoms with van der Waals surface area (Å²) >= 11 is 0. The van der Waals surface area contributed by atoms with Crippen molar-refractivity contribution in [1.82, 2.24) is 4.90 Å². The Morgan fingerprint density at radius 3 is 2.55 bits per heavy atom. The molecule has 0 aromatic heterocycles. The van der Waals surface area contributed by atoms with Crippen LogP contribution in [0.1, 0.15) is 41.8 Å². The number of nitrogens with zero attached hydrogens (tertiary/aromatic N) is 1. The largest absolute Gasteiger partial charge is 0.491 e. The molecule has 122 valence electrons. The van der Waals surface area contributed by atoms with Gasteiger partial charge in [-0.1, -0.05) is 0 Å². The number of ketones is 1. The van der Waals surface area contributed by atoms with Crippen molar-refractivity contribution < 1.29 is 14.3 Å².